The molecule has 1 aromatic rings. The molecule has 0 aromatic heterocycles. The summed E-state index contributed by atoms with van der Waals surface area (Å²) in [6.07, 6.45) is -0.411. The lowest BCUT2D eigenvalue weighted by molar-refractivity contribution is -0.151. The highest BCUT2D eigenvalue weighted by atomic mass is 19.1. The molecule has 0 radical (unpaired) electrons. The molecule has 0 spiro atoms. The molecule has 0 bridgehead atoms. The summed E-state index contributed by atoms with van der Waals surface area (Å²) in [6.45, 7) is 5.44. The molecule has 0 heterocycles. The maximum absolute atomic E-state index is 13.3. The Morgan fingerprint density at radius 1 is 1.40 bits per heavy atom. The van der Waals surface area contributed by atoms with Gasteiger partial charge in [-0.15, -0.1) is 0 Å². The molecule has 0 aliphatic heterocycles. The van der Waals surface area contributed by atoms with Crippen LogP contribution in [0.15, 0.2) is 18.2 Å². The predicted octanol–water partition coefficient (Wildman–Crippen LogP) is 2.99. The molecule has 0 aliphatic carbocycles. The van der Waals surface area contributed by atoms with Crippen molar-refractivity contribution in [1.82, 2.24) is 0 Å². The molecule has 1 aromatic carbocycles. The van der Waals surface area contributed by atoms with E-state index < -0.39 is 24.0 Å². The summed E-state index contributed by atoms with van der Waals surface area (Å²) in [5, 5.41) is 9.66. The summed E-state index contributed by atoms with van der Waals surface area (Å²) >= 11 is 0. The van der Waals surface area contributed by atoms with E-state index in [1.807, 2.05) is 6.92 Å². The van der Waals surface area contributed by atoms with Gasteiger partial charge in [0, 0.05) is 11.6 Å². The van der Waals surface area contributed by atoms with Gasteiger partial charge in [0.15, 0.2) is 6.10 Å². The second-order valence-corrected chi connectivity index (χ2v) is 4.51. The van der Waals surface area contributed by atoms with Crippen molar-refractivity contribution in [1.29, 1.82) is 0 Å². The van der Waals surface area contributed by atoms with Gasteiger partial charge in [-0.1, -0.05) is 13.3 Å². The van der Waals surface area contributed by atoms with Crippen molar-refractivity contribution in [3.8, 4) is 5.75 Å². The van der Waals surface area contributed by atoms with Crippen molar-refractivity contribution in [2.45, 2.75) is 45.8 Å². The van der Waals surface area contributed by atoms with Gasteiger partial charge in [0.2, 0.25) is 0 Å². The molecule has 0 fully saturated rings. The fraction of sp³-hybridized carbons (Fsp3) is 0.533. The molecule has 20 heavy (non-hydrogen) atoms. The number of benzene rings is 1. The summed E-state index contributed by atoms with van der Waals surface area (Å²) in [6, 6.07) is 3.86. The maximum Gasteiger partial charge on any atom is 0.347 e. The summed E-state index contributed by atoms with van der Waals surface area (Å²) in [7, 11) is 0. The summed E-state index contributed by atoms with van der Waals surface area (Å²) < 4.78 is 23.8. The predicted molar refractivity (Wildman–Crippen MR) is 73.0 cm³/mol. The molecule has 0 amide bonds. The van der Waals surface area contributed by atoms with Crippen LogP contribution in [-0.4, -0.2) is 23.8 Å². The Morgan fingerprint density at radius 2 is 2.10 bits per heavy atom. The Bertz CT molecular complexity index is 445. The lowest BCUT2D eigenvalue weighted by atomic mass is 10.1. The van der Waals surface area contributed by atoms with Crippen molar-refractivity contribution in [3.05, 3.63) is 29.6 Å². The highest BCUT2D eigenvalue weighted by Crippen LogP contribution is 2.27. The molecule has 1 rings (SSSR count). The zero-order chi connectivity index (χ0) is 15.1. The molecule has 2 atom stereocenters. The Labute approximate surface area is 118 Å². The third kappa shape index (κ3) is 4.49. The molecule has 0 aliphatic rings. The Morgan fingerprint density at radius 3 is 2.65 bits per heavy atom. The minimum absolute atomic E-state index is 0.173. The zero-order valence-electron chi connectivity index (χ0n) is 12.1. The molecule has 5 heteroatoms. The summed E-state index contributed by atoms with van der Waals surface area (Å²) in [5.74, 6) is -0.787. The first-order chi connectivity index (χ1) is 9.49. The number of halogens is 1. The minimum atomic E-state index is -0.810. The van der Waals surface area contributed by atoms with Gasteiger partial charge in [0.1, 0.15) is 11.6 Å². The normalized spacial score (nSPS) is 13.7. The first-order valence-electron chi connectivity index (χ1n) is 6.80. The Hall–Kier alpha value is -1.62. The number of rotatable bonds is 7. The number of aliphatic hydroxyl groups is 1. The van der Waals surface area contributed by atoms with Gasteiger partial charge in [-0.3, -0.25) is 0 Å². The standard InChI is InChI=1S/C15H21FO4/c1-4-6-13(15(18)19-5-2)20-14-9-11(16)7-8-12(14)10(3)17/h7-10,13,17H,4-6H2,1-3H3. The average Bonchev–Trinajstić information content (AvgIpc) is 2.38. The van der Waals surface area contributed by atoms with E-state index >= 15 is 0 Å². The van der Waals surface area contributed by atoms with Gasteiger partial charge >= 0.3 is 5.97 Å². The van der Waals surface area contributed by atoms with E-state index in [9.17, 15) is 14.3 Å². The lowest BCUT2D eigenvalue weighted by Crippen LogP contribution is -2.29. The van der Waals surface area contributed by atoms with Crippen LogP contribution >= 0.6 is 0 Å². The second-order valence-electron chi connectivity index (χ2n) is 4.51. The number of hydrogen-bond acceptors (Lipinski definition) is 4. The van der Waals surface area contributed by atoms with Crippen LogP contribution in [0.5, 0.6) is 5.75 Å². The van der Waals surface area contributed by atoms with E-state index in [-0.39, 0.29) is 12.4 Å². The van der Waals surface area contributed by atoms with Crippen molar-refractivity contribution >= 4 is 5.97 Å². The number of carbonyl (C=O) groups excluding carboxylic acids is 1. The second kappa shape index (κ2) is 7.85. The molecule has 0 saturated carbocycles. The van der Waals surface area contributed by atoms with E-state index in [2.05, 4.69) is 0 Å². The molecule has 112 valence electrons. The van der Waals surface area contributed by atoms with E-state index in [1.165, 1.54) is 18.2 Å². The van der Waals surface area contributed by atoms with Crippen LogP contribution in [0.4, 0.5) is 4.39 Å². The third-order valence-corrected chi connectivity index (χ3v) is 2.80. The number of carbonyl (C=O) groups is 1. The van der Waals surface area contributed by atoms with E-state index in [0.717, 1.165) is 6.42 Å². The monoisotopic (exact) mass is 284 g/mol. The van der Waals surface area contributed by atoms with Crippen molar-refractivity contribution in [2.24, 2.45) is 0 Å². The largest absolute Gasteiger partial charge is 0.478 e. The molecule has 0 saturated heterocycles. The Balaban J connectivity index is 2.97. The quantitative estimate of drug-likeness (QED) is 0.782. The summed E-state index contributed by atoms with van der Waals surface area (Å²) in [5.41, 5.74) is 0.441. The molecule has 4 nitrogen and oxygen atoms in total. The molecule has 1 N–H and O–H groups in total. The van der Waals surface area contributed by atoms with Crippen LogP contribution in [0.1, 0.15) is 45.3 Å². The van der Waals surface area contributed by atoms with E-state index in [4.69, 9.17) is 9.47 Å². The topological polar surface area (TPSA) is 55.8 Å². The van der Waals surface area contributed by atoms with Crippen LogP contribution in [0.25, 0.3) is 0 Å². The number of aliphatic hydroxyl groups excluding tert-OH is 1. The zero-order valence-corrected chi connectivity index (χ0v) is 12.1. The number of ether oxygens (including phenoxy) is 2. The van der Waals surface area contributed by atoms with E-state index in [0.29, 0.717) is 12.0 Å². The molecule has 2 unspecified atom stereocenters. The van der Waals surface area contributed by atoms with Gasteiger partial charge < -0.3 is 14.6 Å². The third-order valence-electron chi connectivity index (χ3n) is 2.80. The van der Waals surface area contributed by atoms with Crippen LogP contribution in [0, 0.1) is 5.82 Å². The first kappa shape index (κ1) is 16.4. The van der Waals surface area contributed by atoms with Crippen molar-refractivity contribution in [3.63, 3.8) is 0 Å². The van der Waals surface area contributed by atoms with Crippen LogP contribution in [0.3, 0.4) is 0 Å². The first-order valence-corrected chi connectivity index (χ1v) is 6.80. The van der Waals surface area contributed by atoms with Gasteiger partial charge in [-0.25, -0.2) is 9.18 Å². The minimum Gasteiger partial charge on any atom is -0.478 e. The van der Waals surface area contributed by atoms with E-state index in [1.54, 1.807) is 13.8 Å². The van der Waals surface area contributed by atoms with Crippen LogP contribution in [-0.2, 0) is 9.53 Å². The average molecular weight is 284 g/mol. The van der Waals surface area contributed by atoms with Crippen molar-refractivity contribution in [2.75, 3.05) is 6.61 Å². The Kier molecular flexibility index (Phi) is 6.45. The van der Waals surface area contributed by atoms with Crippen molar-refractivity contribution < 1.29 is 23.8 Å². The summed E-state index contributed by atoms with van der Waals surface area (Å²) in [4.78, 5) is 11.8. The van der Waals surface area contributed by atoms with Gasteiger partial charge in [0.05, 0.1) is 12.7 Å². The number of esters is 1. The van der Waals surface area contributed by atoms with Crippen LogP contribution in [0.2, 0.25) is 0 Å². The van der Waals surface area contributed by atoms with Crippen LogP contribution < -0.4 is 4.74 Å². The molecular weight excluding hydrogens is 263 g/mol. The molecular formula is C15H21FO4. The van der Waals surface area contributed by atoms with Gasteiger partial charge in [0.25, 0.3) is 0 Å². The fourth-order valence-corrected chi connectivity index (χ4v) is 1.83. The highest BCUT2D eigenvalue weighted by Gasteiger charge is 2.23. The SMILES string of the molecule is CCCC(Oc1cc(F)ccc1C(C)O)C(=O)OCC. The maximum atomic E-state index is 13.3. The number of hydrogen-bond donors (Lipinski definition) is 1. The van der Waals surface area contributed by atoms with Gasteiger partial charge in [-0.2, -0.15) is 0 Å². The highest BCUT2D eigenvalue weighted by molar-refractivity contribution is 5.75. The van der Waals surface area contributed by atoms with Gasteiger partial charge in [-0.05, 0) is 32.4 Å². The smallest absolute Gasteiger partial charge is 0.347 e. The fourth-order valence-electron chi connectivity index (χ4n) is 1.83. The lowest BCUT2D eigenvalue weighted by Gasteiger charge is -2.20.